The van der Waals surface area contributed by atoms with Crippen LogP contribution in [0.25, 0.3) is 0 Å². The highest BCUT2D eigenvalue weighted by Crippen LogP contribution is 2.31. The van der Waals surface area contributed by atoms with E-state index in [2.05, 4.69) is 5.32 Å². The third-order valence-corrected chi connectivity index (χ3v) is 4.54. The highest BCUT2D eigenvalue weighted by atomic mass is 19.4. The summed E-state index contributed by atoms with van der Waals surface area (Å²) < 4.78 is 57.5. The predicted molar refractivity (Wildman–Crippen MR) is 109 cm³/mol. The lowest BCUT2D eigenvalue weighted by molar-refractivity contribution is -0.153. The molecule has 170 valence electrons. The Morgan fingerprint density at radius 2 is 1.68 bits per heavy atom. The highest BCUT2D eigenvalue weighted by Gasteiger charge is 2.29. The van der Waals surface area contributed by atoms with Crippen LogP contribution in [-0.2, 0) is 11.2 Å². The Kier molecular flexibility index (Phi) is 8.41. The van der Waals surface area contributed by atoms with Gasteiger partial charge >= 0.3 is 6.18 Å². The number of benzene rings is 2. The van der Waals surface area contributed by atoms with E-state index in [9.17, 15) is 18.0 Å². The summed E-state index contributed by atoms with van der Waals surface area (Å²) in [6.07, 6.45) is -3.87. The molecule has 0 radical (unpaired) electrons. The number of methoxy groups -OCH3 is 3. The van der Waals surface area contributed by atoms with Crippen LogP contribution in [0.5, 0.6) is 23.0 Å². The summed E-state index contributed by atoms with van der Waals surface area (Å²) in [5, 5.41) is 2.91. The van der Waals surface area contributed by atoms with E-state index < -0.39 is 12.8 Å². The van der Waals surface area contributed by atoms with Gasteiger partial charge in [-0.2, -0.15) is 13.2 Å². The molecule has 0 heterocycles. The molecule has 1 N–H and O–H groups in total. The molecule has 1 unspecified atom stereocenters. The third-order valence-electron chi connectivity index (χ3n) is 4.54. The van der Waals surface area contributed by atoms with Crippen LogP contribution in [0.3, 0.4) is 0 Å². The van der Waals surface area contributed by atoms with Crippen molar-refractivity contribution in [2.75, 3.05) is 27.9 Å². The fourth-order valence-electron chi connectivity index (χ4n) is 2.97. The van der Waals surface area contributed by atoms with Gasteiger partial charge in [-0.05, 0) is 43.2 Å². The van der Waals surface area contributed by atoms with Crippen molar-refractivity contribution in [2.24, 2.45) is 0 Å². The highest BCUT2D eigenvalue weighted by molar-refractivity contribution is 5.76. The molecule has 1 atom stereocenters. The molecule has 0 aromatic heterocycles. The number of nitrogens with one attached hydrogen (secondary N) is 1. The predicted octanol–water partition coefficient (Wildman–Crippen LogP) is 4.46. The van der Waals surface area contributed by atoms with Gasteiger partial charge in [-0.1, -0.05) is 6.07 Å². The Morgan fingerprint density at radius 1 is 0.968 bits per heavy atom. The number of rotatable bonds is 10. The standard InChI is InChI=1S/C22H26F3NO5/c1-14(17-8-7-16(28-2)12-19(17)29-3)26-21(27)10-6-15-5-9-18(20(11-15)30-4)31-13-22(23,24)25/h5,7-9,11-12,14H,6,10,13H2,1-4H3,(H,26,27). The molecule has 2 rings (SSSR count). The molecule has 6 nitrogen and oxygen atoms in total. The van der Waals surface area contributed by atoms with E-state index in [1.807, 2.05) is 13.0 Å². The lowest BCUT2D eigenvalue weighted by Gasteiger charge is -2.18. The molecule has 0 bridgehead atoms. The summed E-state index contributed by atoms with van der Waals surface area (Å²) in [6, 6.07) is 9.64. The van der Waals surface area contributed by atoms with Crippen LogP contribution in [-0.4, -0.2) is 40.0 Å². The van der Waals surface area contributed by atoms with Gasteiger partial charge in [0, 0.05) is 18.1 Å². The molecule has 2 aromatic rings. The van der Waals surface area contributed by atoms with E-state index in [1.165, 1.54) is 13.2 Å². The second-order valence-electron chi connectivity index (χ2n) is 6.79. The Hall–Kier alpha value is -3.10. The zero-order chi connectivity index (χ0) is 23.0. The fraction of sp³-hybridized carbons (Fsp3) is 0.409. The Balaban J connectivity index is 1.96. The quantitative estimate of drug-likeness (QED) is 0.590. The number of hydrogen-bond acceptors (Lipinski definition) is 5. The molecule has 2 aromatic carbocycles. The topological polar surface area (TPSA) is 66.0 Å². The SMILES string of the molecule is COc1ccc(C(C)NC(=O)CCc2ccc(OCC(F)(F)F)c(OC)c2)c(OC)c1. The Labute approximate surface area is 179 Å². The van der Waals surface area contributed by atoms with Crippen molar-refractivity contribution in [2.45, 2.75) is 32.0 Å². The van der Waals surface area contributed by atoms with Crippen LogP contribution < -0.4 is 24.3 Å². The van der Waals surface area contributed by atoms with Crippen molar-refractivity contribution in [3.63, 3.8) is 0 Å². The lowest BCUT2D eigenvalue weighted by atomic mass is 10.1. The molecule has 0 aliphatic rings. The van der Waals surface area contributed by atoms with Crippen molar-refractivity contribution < 1.29 is 36.9 Å². The maximum absolute atomic E-state index is 12.4. The zero-order valence-electron chi connectivity index (χ0n) is 17.8. The minimum Gasteiger partial charge on any atom is -0.497 e. The van der Waals surface area contributed by atoms with Crippen LogP contribution >= 0.6 is 0 Å². The Bertz CT molecular complexity index is 886. The summed E-state index contributed by atoms with van der Waals surface area (Å²) in [4.78, 5) is 12.4. The smallest absolute Gasteiger partial charge is 0.422 e. The van der Waals surface area contributed by atoms with E-state index in [4.69, 9.17) is 18.9 Å². The number of alkyl halides is 3. The normalized spacial score (nSPS) is 12.1. The molecule has 0 spiro atoms. The van der Waals surface area contributed by atoms with E-state index in [0.717, 1.165) is 11.1 Å². The number of hydrogen-bond donors (Lipinski definition) is 1. The second-order valence-corrected chi connectivity index (χ2v) is 6.79. The van der Waals surface area contributed by atoms with Gasteiger partial charge in [0.05, 0.1) is 27.4 Å². The van der Waals surface area contributed by atoms with Crippen molar-refractivity contribution in [1.29, 1.82) is 0 Å². The first-order valence-electron chi connectivity index (χ1n) is 9.54. The molecule has 0 saturated carbocycles. The van der Waals surface area contributed by atoms with Gasteiger partial charge < -0.3 is 24.3 Å². The van der Waals surface area contributed by atoms with Crippen molar-refractivity contribution in [1.82, 2.24) is 5.32 Å². The maximum atomic E-state index is 12.4. The van der Waals surface area contributed by atoms with Crippen LogP contribution in [0.2, 0.25) is 0 Å². The number of carbonyl (C=O) groups excluding carboxylic acids is 1. The second kappa shape index (κ2) is 10.8. The number of aryl methyl sites for hydroxylation is 1. The molecule has 1 amide bonds. The summed E-state index contributed by atoms with van der Waals surface area (Å²) in [7, 11) is 4.45. The molecule has 0 aliphatic heterocycles. The first kappa shape index (κ1) is 24.2. The van der Waals surface area contributed by atoms with E-state index >= 15 is 0 Å². The van der Waals surface area contributed by atoms with Gasteiger partial charge in [0.2, 0.25) is 5.91 Å². The van der Waals surface area contributed by atoms with Gasteiger partial charge in [-0.3, -0.25) is 4.79 Å². The molecule has 0 fully saturated rings. The minimum absolute atomic E-state index is 0.00625. The molecular weight excluding hydrogens is 415 g/mol. The van der Waals surface area contributed by atoms with E-state index in [0.29, 0.717) is 17.9 Å². The number of ether oxygens (including phenoxy) is 4. The number of halogens is 3. The molecular formula is C22H26F3NO5. The van der Waals surface area contributed by atoms with Gasteiger partial charge in [-0.15, -0.1) is 0 Å². The van der Waals surface area contributed by atoms with Gasteiger partial charge in [0.15, 0.2) is 18.1 Å². The van der Waals surface area contributed by atoms with Gasteiger partial charge in [-0.25, -0.2) is 0 Å². The number of carbonyl (C=O) groups is 1. The largest absolute Gasteiger partial charge is 0.497 e. The first-order chi connectivity index (χ1) is 14.7. The van der Waals surface area contributed by atoms with Crippen LogP contribution in [0.15, 0.2) is 36.4 Å². The summed E-state index contributed by atoms with van der Waals surface area (Å²) >= 11 is 0. The fourth-order valence-corrected chi connectivity index (χ4v) is 2.97. The van der Waals surface area contributed by atoms with Crippen LogP contribution in [0, 0.1) is 0 Å². The van der Waals surface area contributed by atoms with Gasteiger partial charge in [0.1, 0.15) is 11.5 Å². The van der Waals surface area contributed by atoms with Gasteiger partial charge in [0.25, 0.3) is 0 Å². The molecule has 9 heteroatoms. The number of amides is 1. The molecule has 31 heavy (non-hydrogen) atoms. The zero-order valence-corrected chi connectivity index (χ0v) is 17.8. The minimum atomic E-state index is -4.44. The summed E-state index contributed by atoms with van der Waals surface area (Å²) in [6.45, 7) is 0.440. The average Bonchev–Trinajstić information content (AvgIpc) is 2.75. The summed E-state index contributed by atoms with van der Waals surface area (Å²) in [5.74, 6) is 1.25. The Morgan fingerprint density at radius 3 is 2.29 bits per heavy atom. The van der Waals surface area contributed by atoms with Crippen LogP contribution in [0.1, 0.15) is 30.5 Å². The van der Waals surface area contributed by atoms with E-state index in [1.54, 1.807) is 38.5 Å². The summed E-state index contributed by atoms with van der Waals surface area (Å²) in [5.41, 5.74) is 1.55. The molecule has 0 saturated heterocycles. The average molecular weight is 441 g/mol. The van der Waals surface area contributed by atoms with Crippen molar-refractivity contribution >= 4 is 5.91 Å². The molecule has 0 aliphatic carbocycles. The van der Waals surface area contributed by atoms with E-state index in [-0.39, 0.29) is 29.9 Å². The first-order valence-corrected chi connectivity index (χ1v) is 9.54. The van der Waals surface area contributed by atoms with Crippen molar-refractivity contribution in [3.8, 4) is 23.0 Å². The third kappa shape index (κ3) is 7.27. The lowest BCUT2D eigenvalue weighted by Crippen LogP contribution is -2.27. The monoisotopic (exact) mass is 441 g/mol. The van der Waals surface area contributed by atoms with Crippen LogP contribution in [0.4, 0.5) is 13.2 Å². The maximum Gasteiger partial charge on any atom is 0.422 e. The van der Waals surface area contributed by atoms with Crippen molar-refractivity contribution in [3.05, 3.63) is 47.5 Å².